The number of esters is 1. The number of ether oxygens (including phenoxy) is 1. The Morgan fingerprint density at radius 1 is 1.47 bits per heavy atom. The highest BCUT2D eigenvalue weighted by Gasteiger charge is 2.16. The van der Waals surface area contributed by atoms with Crippen molar-refractivity contribution in [2.45, 2.75) is 26.4 Å². The molecule has 0 saturated heterocycles. The number of benzene rings is 1. The number of carbonyl (C=O) groups is 2. The van der Waals surface area contributed by atoms with Crippen molar-refractivity contribution in [3.8, 4) is 0 Å². The van der Waals surface area contributed by atoms with Gasteiger partial charge in [-0.15, -0.1) is 0 Å². The molecule has 0 unspecified atom stereocenters. The van der Waals surface area contributed by atoms with Crippen LogP contribution in [0.15, 0.2) is 24.3 Å². The van der Waals surface area contributed by atoms with E-state index in [0.29, 0.717) is 10.7 Å². The van der Waals surface area contributed by atoms with Crippen LogP contribution in [0.25, 0.3) is 0 Å². The molecular weight excluding hydrogens is 242 g/mol. The summed E-state index contributed by atoms with van der Waals surface area (Å²) in [5.74, 6) is -0.784. The second kappa shape index (κ2) is 6.25. The maximum absolute atomic E-state index is 11.6. The van der Waals surface area contributed by atoms with Crippen LogP contribution in [0, 0.1) is 0 Å². The lowest BCUT2D eigenvalue weighted by Gasteiger charge is -2.12. The molecule has 0 spiro atoms. The Labute approximate surface area is 105 Å². The van der Waals surface area contributed by atoms with E-state index in [0.717, 1.165) is 0 Å². The van der Waals surface area contributed by atoms with Crippen molar-refractivity contribution >= 4 is 29.2 Å². The summed E-state index contributed by atoms with van der Waals surface area (Å²) in [5, 5.41) is 3.14. The first-order valence-electron chi connectivity index (χ1n) is 5.29. The van der Waals surface area contributed by atoms with Crippen molar-refractivity contribution in [2.75, 3.05) is 5.32 Å². The molecule has 1 atom stereocenters. The Morgan fingerprint density at radius 2 is 2.18 bits per heavy atom. The van der Waals surface area contributed by atoms with Crippen molar-refractivity contribution in [1.82, 2.24) is 0 Å². The molecule has 0 saturated carbocycles. The third kappa shape index (κ3) is 4.44. The lowest BCUT2D eigenvalue weighted by Crippen LogP contribution is -2.29. The minimum absolute atomic E-state index is 0.245. The van der Waals surface area contributed by atoms with E-state index in [1.807, 2.05) is 0 Å². The van der Waals surface area contributed by atoms with Gasteiger partial charge in [0.25, 0.3) is 5.91 Å². The molecule has 1 N–H and O–H groups in total. The zero-order valence-electron chi connectivity index (χ0n) is 9.70. The van der Waals surface area contributed by atoms with Gasteiger partial charge in [0.05, 0.1) is 0 Å². The molecule has 0 aromatic heterocycles. The normalized spacial score (nSPS) is 11.7. The Kier molecular flexibility index (Phi) is 4.97. The summed E-state index contributed by atoms with van der Waals surface area (Å²) in [6.07, 6.45) is -0.573. The van der Waals surface area contributed by atoms with Gasteiger partial charge >= 0.3 is 5.97 Å². The highest BCUT2D eigenvalue weighted by atomic mass is 35.5. The number of hydrogen-bond acceptors (Lipinski definition) is 3. The number of amides is 1. The zero-order valence-corrected chi connectivity index (χ0v) is 10.5. The molecule has 0 radical (unpaired) electrons. The van der Waals surface area contributed by atoms with Gasteiger partial charge in [0.15, 0.2) is 6.10 Å². The average Bonchev–Trinajstić information content (AvgIpc) is 2.28. The lowest BCUT2D eigenvalue weighted by atomic mass is 10.3. The largest absolute Gasteiger partial charge is 0.453 e. The number of rotatable bonds is 4. The van der Waals surface area contributed by atoms with Crippen LogP contribution in [0.3, 0.4) is 0 Å². The molecule has 92 valence electrons. The molecule has 1 amide bonds. The third-order valence-corrected chi connectivity index (χ3v) is 2.29. The predicted octanol–water partition coefficient (Wildman–Crippen LogP) is 2.62. The summed E-state index contributed by atoms with van der Waals surface area (Å²) >= 11 is 5.78. The summed E-state index contributed by atoms with van der Waals surface area (Å²) < 4.78 is 4.88. The van der Waals surface area contributed by atoms with E-state index in [-0.39, 0.29) is 12.3 Å². The zero-order chi connectivity index (χ0) is 12.8. The van der Waals surface area contributed by atoms with Gasteiger partial charge in [-0.3, -0.25) is 9.59 Å². The minimum atomic E-state index is -0.818. The molecular formula is C12H14ClNO3. The van der Waals surface area contributed by atoms with E-state index in [1.165, 1.54) is 6.92 Å². The van der Waals surface area contributed by atoms with Gasteiger partial charge in [0.1, 0.15) is 0 Å². The molecule has 0 bridgehead atoms. The summed E-state index contributed by atoms with van der Waals surface area (Å²) in [7, 11) is 0. The maximum Gasteiger partial charge on any atom is 0.306 e. The molecule has 17 heavy (non-hydrogen) atoms. The van der Waals surface area contributed by atoms with Crippen LogP contribution in [-0.4, -0.2) is 18.0 Å². The monoisotopic (exact) mass is 255 g/mol. The molecule has 0 fully saturated rings. The summed E-state index contributed by atoms with van der Waals surface area (Å²) in [6, 6.07) is 6.75. The highest BCUT2D eigenvalue weighted by Crippen LogP contribution is 2.15. The van der Waals surface area contributed by atoms with Crippen molar-refractivity contribution in [3.05, 3.63) is 29.3 Å². The molecule has 0 aliphatic heterocycles. The Bertz CT molecular complexity index is 420. The molecule has 1 rings (SSSR count). The van der Waals surface area contributed by atoms with Crippen LogP contribution in [0.5, 0.6) is 0 Å². The standard InChI is InChI=1S/C12H14ClNO3/c1-3-11(15)17-8(2)12(16)14-10-6-4-5-9(13)7-10/h4-8H,3H2,1-2H3,(H,14,16)/t8-/m1/s1. The van der Waals surface area contributed by atoms with Gasteiger partial charge in [0, 0.05) is 17.1 Å². The van der Waals surface area contributed by atoms with Gasteiger partial charge in [-0.25, -0.2) is 0 Å². The van der Waals surface area contributed by atoms with Crippen LogP contribution in [0.1, 0.15) is 20.3 Å². The fourth-order valence-electron chi connectivity index (χ4n) is 1.14. The van der Waals surface area contributed by atoms with E-state index in [1.54, 1.807) is 31.2 Å². The first kappa shape index (κ1) is 13.5. The van der Waals surface area contributed by atoms with E-state index >= 15 is 0 Å². The summed E-state index contributed by atoms with van der Waals surface area (Å²) in [6.45, 7) is 3.19. The second-order valence-corrected chi connectivity index (χ2v) is 3.92. The SMILES string of the molecule is CCC(=O)O[C@H](C)C(=O)Nc1cccc(Cl)c1. The number of hydrogen-bond donors (Lipinski definition) is 1. The predicted molar refractivity (Wildman–Crippen MR) is 65.9 cm³/mol. The molecule has 1 aromatic rings. The highest BCUT2D eigenvalue weighted by molar-refractivity contribution is 6.30. The van der Waals surface area contributed by atoms with Gasteiger partial charge in [-0.2, -0.15) is 0 Å². The Hall–Kier alpha value is -1.55. The van der Waals surface area contributed by atoms with Crippen molar-refractivity contribution < 1.29 is 14.3 Å². The van der Waals surface area contributed by atoms with Crippen LogP contribution in [0.2, 0.25) is 5.02 Å². The smallest absolute Gasteiger partial charge is 0.306 e. The minimum Gasteiger partial charge on any atom is -0.453 e. The molecule has 1 aromatic carbocycles. The lowest BCUT2D eigenvalue weighted by molar-refractivity contribution is -0.152. The Morgan fingerprint density at radius 3 is 2.76 bits per heavy atom. The Balaban J connectivity index is 2.57. The summed E-state index contributed by atoms with van der Waals surface area (Å²) in [5.41, 5.74) is 0.571. The quantitative estimate of drug-likeness (QED) is 0.842. The average molecular weight is 256 g/mol. The summed E-state index contributed by atoms with van der Waals surface area (Å²) in [4.78, 5) is 22.7. The molecule has 5 heteroatoms. The second-order valence-electron chi connectivity index (χ2n) is 3.49. The first-order valence-corrected chi connectivity index (χ1v) is 5.66. The van der Waals surface area contributed by atoms with Gasteiger partial charge in [0.2, 0.25) is 0 Å². The molecule has 0 heterocycles. The van der Waals surface area contributed by atoms with Gasteiger partial charge < -0.3 is 10.1 Å². The number of anilines is 1. The van der Waals surface area contributed by atoms with Crippen molar-refractivity contribution in [3.63, 3.8) is 0 Å². The third-order valence-electron chi connectivity index (χ3n) is 2.06. The van der Waals surface area contributed by atoms with E-state index in [2.05, 4.69) is 5.32 Å². The van der Waals surface area contributed by atoms with Crippen LogP contribution in [-0.2, 0) is 14.3 Å². The topological polar surface area (TPSA) is 55.4 Å². The van der Waals surface area contributed by atoms with Crippen LogP contribution >= 0.6 is 11.6 Å². The first-order chi connectivity index (χ1) is 8.02. The molecule has 4 nitrogen and oxygen atoms in total. The van der Waals surface area contributed by atoms with E-state index in [9.17, 15) is 9.59 Å². The fourth-order valence-corrected chi connectivity index (χ4v) is 1.33. The van der Waals surface area contributed by atoms with Crippen molar-refractivity contribution in [2.24, 2.45) is 0 Å². The van der Waals surface area contributed by atoms with Crippen LogP contribution in [0.4, 0.5) is 5.69 Å². The number of halogens is 1. The van der Waals surface area contributed by atoms with Gasteiger partial charge in [-0.1, -0.05) is 24.6 Å². The molecule has 0 aliphatic carbocycles. The number of nitrogens with one attached hydrogen (secondary N) is 1. The van der Waals surface area contributed by atoms with Crippen LogP contribution < -0.4 is 5.32 Å². The van der Waals surface area contributed by atoms with Gasteiger partial charge in [-0.05, 0) is 25.1 Å². The maximum atomic E-state index is 11.6. The van der Waals surface area contributed by atoms with Crippen molar-refractivity contribution in [1.29, 1.82) is 0 Å². The fraction of sp³-hybridized carbons (Fsp3) is 0.333. The van der Waals surface area contributed by atoms with E-state index < -0.39 is 12.1 Å². The molecule has 0 aliphatic rings. The van der Waals surface area contributed by atoms with E-state index in [4.69, 9.17) is 16.3 Å². The number of carbonyl (C=O) groups excluding carboxylic acids is 2.